The first-order chi connectivity index (χ1) is 5.24. The van der Waals surface area contributed by atoms with Crippen molar-refractivity contribution in [3.63, 3.8) is 0 Å². The van der Waals surface area contributed by atoms with Gasteiger partial charge in [-0.15, -0.1) is 0 Å². The fourth-order valence-electron chi connectivity index (χ4n) is 1.49. The minimum Gasteiger partial charge on any atom is -0.466 e. The average Bonchev–Trinajstić information content (AvgIpc) is 2.36. The Morgan fingerprint density at radius 2 is 2.36 bits per heavy atom. The smallest absolute Gasteiger partial charge is 0.308 e. The van der Waals surface area contributed by atoms with E-state index in [-0.39, 0.29) is 17.9 Å². The molecule has 3 heteroatoms. The summed E-state index contributed by atoms with van der Waals surface area (Å²) in [6, 6.07) is 0.212. The molecule has 0 aromatic rings. The molecule has 0 radical (unpaired) electrons. The minimum absolute atomic E-state index is 0.0690. The van der Waals surface area contributed by atoms with Crippen molar-refractivity contribution >= 4 is 5.97 Å². The number of esters is 1. The molecule has 0 aliphatic heterocycles. The second-order valence-electron chi connectivity index (χ2n) is 3.02. The Morgan fingerprint density at radius 3 is 2.82 bits per heavy atom. The lowest BCUT2D eigenvalue weighted by Gasteiger charge is -2.07. The molecule has 1 fully saturated rings. The number of carbonyl (C=O) groups excluding carboxylic acids is 1. The van der Waals surface area contributed by atoms with Crippen LogP contribution in [0.4, 0.5) is 0 Å². The third-order valence-electron chi connectivity index (χ3n) is 2.09. The lowest BCUT2D eigenvalue weighted by molar-refractivity contribution is -0.147. The van der Waals surface area contributed by atoms with Gasteiger partial charge in [0.15, 0.2) is 0 Å². The van der Waals surface area contributed by atoms with Crippen molar-refractivity contribution in [1.82, 2.24) is 0 Å². The van der Waals surface area contributed by atoms with Crippen LogP contribution in [0.5, 0.6) is 0 Å². The Kier molecular flexibility index (Phi) is 2.88. The zero-order valence-corrected chi connectivity index (χ0v) is 6.88. The van der Waals surface area contributed by atoms with Gasteiger partial charge in [0.1, 0.15) is 0 Å². The molecule has 1 aliphatic rings. The topological polar surface area (TPSA) is 52.3 Å². The molecule has 3 nitrogen and oxygen atoms in total. The molecule has 64 valence electrons. The summed E-state index contributed by atoms with van der Waals surface area (Å²) < 4.78 is 4.88. The summed E-state index contributed by atoms with van der Waals surface area (Å²) in [5.74, 6) is 0.00500. The van der Waals surface area contributed by atoms with Crippen LogP contribution in [0.3, 0.4) is 0 Å². The maximum absolute atomic E-state index is 11.1. The Morgan fingerprint density at radius 1 is 1.64 bits per heavy atom. The number of hydrogen-bond acceptors (Lipinski definition) is 3. The normalized spacial score (nSPS) is 30.4. The van der Waals surface area contributed by atoms with Gasteiger partial charge in [-0.05, 0) is 26.2 Å². The highest BCUT2D eigenvalue weighted by Crippen LogP contribution is 2.24. The summed E-state index contributed by atoms with van der Waals surface area (Å²) in [7, 11) is 0. The Bertz CT molecular complexity index is 147. The standard InChI is InChI=1S/C8H15NO2/c1-2-11-8(10)6-3-4-7(9)5-6/h6-7H,2-5,9H2,1H3/t6-,7-/m1/s1. The molecular weight excluding hydrogens is 142 g/mol. The van der Waals surface area contributed by atoms with Crippen LogP contribution in [0.25, 0.3) is 0 Å². The molecule has 0 unspecified atom stereocenters. The van der Waals surface area contributed by atoms with E-state index in [9.17, 15) is 4.79 Å². The van der Waals surface area contributed by atoms with Crippen molar-refractivity contribution in [1.29, 1.82) is 0 Å². The third kappa shape index (κ3) is 2.19. The maximum Gasteiger partial charge on any atom is 0.308 e. The largest absolute Gasteiger partial charge is 0.466 e. The van der Waals surface area contributed by atoms with Crippen LogP contribution in [0.2, 0.25) is 0 Å². The molecule has 0 aromatic heterocycles. The minimum atomic E-state index is -0.0690. The highest BCUT2D eigenvalue weighted by molar-refractivity contribution is 5.72. The summed E-state index contributed by atoms with van der Waals surface area (Å²) in [6.07, 6.45) is 2.67. The van der Waals surface area contributed by atoms with E-state index in [1.807, 2.05) is 6.92 Å². The molecule has 11 heavy (non-hydrogen) atoms. The molecule has 1 aliphatic carbocycles. The van der Waals surface area contributed by atoms with Crippen LogP contribution in [0.15, 0.2) is 0 Å². The van der Waals surface area contributed by atoms with E-state index in [1.165, 1.54) is 0 Å². The number of nitrogens with two attached hydrogens (primary N) is 1. The lowest BCUT2D eigenvalue weighted by atomic mass is 10.1. The summed E-state index contributed by atoms with van der Waals surface area (Å²) in [4.78, 5) is 11.1. The SMILES string of the molecule is CCOC(=O)[C@@H]1CC[C@@H](N)C1. The highest BCUT2D eigenvalue weighted by Gasteiger charge is 2.28. The Balaban J connectivity index is 2.31. The average molecular weight is 157 g/mol. The van der Waals surface area contributed by atoms with Crippen LogP contribution in [-0.4, -0.2) is 18.6 Å². The van der Waals surface area contributed by atoms with Gasteiger partial charge >= 0.3 is 5.97 Å². The van der Waals surface area contributed by atoms with Gasteiger partial charge in [0.2, 0.25) is 0 Å². The van der Waals surface area contributed by atoms with Gasteiger partial charge in [0, 0.05) is 6.04 Å². The second kappa shape index (κ2) is 3.72. The van der Waals surface area contributed by atoms with Crippen molar-refractivity contribution in [3.05, 3.63) is 0 Å². The van der Waals surface area contributed by atoms with Crippen molar-refractivity contribution < 1.29 is 9.53 Å². The van der Waals surface area contributed by atoms with Crippen LogP contribution in [0, 0.1) is 5.92 Å². The highest BCUT2D eigenvalue weighted by atomic mass is 16.5. The van der Waals surface area contributed by atoms with Crippen molar-refractivity contribution in [2.24, 2.45) is 11.7 Å². The Labute approximate surface area is 66.9 Å². The molecular formula is C8H15NO2. The summed E-state index contributed by atoms with van der Waals surface area (Å²) in [5.41, 5.74) is 5.65. The number of rotatable bonds is 2. The van der Waals surface area contributed by atoms with Gasteiger partial charge in [0.05, 0.1) is 12.5 Å². The molecule has 2 N–H and O–H groups in total. The molecule has 0 amide bonds. The fourth-order valence-corrected chi connectivity index (χ4v) is 1.49. The van der Waals surface area contributed by atoms with Gasteiger partial charge in [-0.25, -0.2) is 0 Å². The number of hydrogen-bond donors (Lipinski definition) is 1. The predicted molar refractivity (Wildman–Crippen MR) is 41.9 cm³/mol. The van der Waals surface area contributed by atoms with Gasteiger partial charge < -0.3 is 10.5 Å². The molecule has 0 heterocycles. The van der Waals surface area contributed by atoms with E-state index >= 15 is 0 Å². The van der Waals surface area contributed by atoms with E-state index in [1.54, 1.807) is 0 Å². The van der Waals surface area contributed by atoms with E-state index in [0.29, 0.717) is 6.61 Å². The van der Waals surface area contributed by atoms with Crippen LogP contribution in [0.1, 0.15) is 26.2 Å². The number of carbonyl (C=O) groups is 1. The fraction of sp³-hybridized carbons (Fsp3) is 0.875. The summed E-state index contributed by atoms with van der Waals surface area (Å²) in [6.45, 7) is 2.30. The van der Waals surface area contributed by atoms with Crippen LogP contribution in [-0.2, 0) is 9.53 Å². The van der Waals surface area contributed by atoms with E-state index in [2.05, 4.69) is 0 Å². The van der Waals surface area contributed by atoms with E-state index in [0.717, 1.165) is 19.3 Å². The summed E-state index contributed by atoms with van der Waals surface area (Å²) >= 11 is 0. The van der Waals surface area contributed by atoms with Gasteiger partial charge in [0.25, 0.3) is 0 Å². The second-order valence-corrected chi connectivity index (χ2v) is 3.02. The van der Waals surface area contributed by atoms with Crippen LogP contribution < -0.4 is 5.73 Å². The predicted octanol–water partition coefficient (Wildman–Crippen LogP) is 0.677. The van der Waals surface area contributed by atoms with Gasteiger partial charge in [-0.3, -0.25) is 4.79 Å². The van der Waals surface area contributed by atoms with Gasteiger partial charge in [-0.1, -0.05) is 0 Å². The monoisotopic (exact) mass is 157 g/mol. The molecule has 0 bridgehead atoms. The molecule has 0 spiro atoms. The number of ether oxygens (including phenoxy) is 1. The van der Waals surface area contributed by atoms with Crippen molar-refractivity contribution in [3.8, 4) is 0 Å². The quantitative estimate of drug-likeness (QED) is 0.599. The molecule has 0 aromatic carbocycles. The van der Waals surface area contributed by atoms with Gasteiger partial charge in [-0.2, -0.15) is 0 Å². The van der Waals surface area contributed by atoms with Crippen molar-refractivity contribution in [2.45, 2.75) is 32.2 Å². The molecule has 0 saturated heterocycles. The third-order valence-corrected chi connectivity index (χ3v) is 2.09. The Hall–Kier alpha value is -0.570. The first-order valence-corrected chi connectivity index (χ1v) is 4.16. The molecule has 2 atom stereocenters. The van der Waals surface area contributed by atoms with E-state index < -0.39 is 0 Å². The maximum atomic E-state index is 11.1. The van der Waals surface area contributed by atoms with E-state index in [4.69, 9.17) is 10.5 Å². The van der Waals surface area contributed by atoms with Crippen LogP contribution >= 0.6 is 0 Å². The molecule has 1 rings (SSSR count). The lowest BCUT2D eigenvalue weighted by Crippen LogP contribution is -2.19. The van der Waals surface area contributed by atoms with Crippen molar-refractivity contribution in [2.75, 3.05) is 6.61 Å². The summed E-state index contributed by atoms with van der Waals surface area (Å²) in [5, 5.41) is 0. The zero-order valence-electron chi connectivity index (χ0n) is 6.88. The first kappa shape index (κ1) is 8.53. The zero-order chi connectivity index (χ0) is 8.27. The first-order valence-electron chi connectivity index (χ1n) is 4.16. The molecule has 1 saturated carbocycles.